The molecule has 0 heterocycles. The first-order valence-electron chi connectivity index (χ1n) is 5.43. The summed E-state index contributed by atoms with van der Waals surface area (Å²) in [6.45, 7) is 0. The number of rotatable bonds is 2. The molecule has 0 aromatic carbocycles. The van der Waals surface area contributed by atoms with Crippen LogP contribution in [0.2, 0.25) is 0 Å². The zero-order valence-electron chi connectivity index (χ0n) is 9.09. The fraction of sp³-hybridized carbons (Fsp3) is 0.800. The molecule has 7 heteroatoms. The van der Waals surface area contributed by atoms with E-state index in [1.807, 2.05) is 0 Å². The number of hydrogen-bond acceptors (Lipinski definition) is 2. The number of carbonyl (C=O) groups excluding carboxylic acids is 1. The minimum Gasteiger partial charge on any atom is -0.481 e. The molecule has 0 aromatic rings. The quantitative estimate of drug-likeness (QED) is 0.736. The van der Waals surface area contributed by atoms with E-state index in [0.29, 0.717) is 19.3 Å². The van der Waals surface area contributed by atoms with Crippen molar-refractivity contribution in [1.29, 1.82) is 0 Å². The average molecular weight is 253 g/mol. The molecule has 1 aliphatic rings. The number of nitrogens with one attached hydrogen (secondary N) is 1. The zero-order valence-corrected chi connectivity index (χ0v) is 9.09. The third-order valence-corrected chi connectivity index (χ3v) is 2.91. The van der Waals surface area contributed by atoms with Gasteiger partial charge in [-0.2, -0.15) is 13.2 Å². The largest absolute Gasteiger partial charge is 0.481 e. The summed E-state index contributed by atoms with van der Waals surface area (Å²) in [5.41, 5.74) is 0. The van der Waals surface area contributed by atoms with Crippen molar-refractivity contribution in [3.05, 3.63) is 0 Å². The van der Waals surface area contributed by atoms with Crippen LogP contribution in [0.25, 0.3) is 0 Å². The van der Waals surface area contributed by atoms with E-state index in [4.69, 9.17) is 5.11 Å². The molecule has 0 unspecified atom stereocenters. The molecule has 0 radical (unpaired) electrons. The zero-order chi connectivity index (χ0) is 13.1. The van der Waals surface area contributed by atoms with Crippen molar-refractivity contribution >= 4 is 11.9 Å². The van der Waals surface area contributed by atoms with Gasteiger partial charge in [-0.25, -0.2) is 0 Å². The van der Waals surface area contributed by atoms with Crippen molar-refractivity contribution in [2.24, 2.45) is 5.92 Å². The number of halogens is 3. The number of amides is 1. The van der Waals surface area contributed by atoms with Crippen LogP contribution in [0.15, 0.2) is 0 Å². The highest BCUT2D eigenvalue weighted by Gasteiger charge is 2.41. The second-order valence-corrected chi connectivity index (χ2v) is 4.16. The van der Waals surface area contributed by atoms with Gasteiger partial charge in [0.1, 0.15) is 0 Å². The summed E-state index contributed by atoms with van der Waals surface area (Å²) in [6, 6.07) is -0.927. The smallest absolute Gasteiger partial charge is 0.471 e. The van der Waals surface area contributed by atoms with Crippen molar-refractivity contribution in [3.63, 3.8) is 0 Å². The maximum atomic E-state index is 12.1. The molecule has 98 valence electrons. The Morgan fingerprint density at radius 3 is 2.24 bits per heavy atom. The van der Waals surface area contributed by atoms with Crippen LogP contribution in [0.4, 0.5) is 13.2 Å². The molecule has 0 spiro atoms. The van der Waals surface area contributed by atoms with Gasteiger partial charge in [-0.1, -0.05) is 19.3 Å². The maximum Gasteiger partial charge on any atom is 0.471 e. The monoisotopic (exact) mass is 253 g/mol. The maximum absolute atomic E-state index is 12.1. The molecule has 1 rings (SSSR count). The van der Waals surface area contributed by atoms with Crippen LogP contribution in [0.3, 0.4) is 0 Å². The van der Waals surface area contributed by atoms with Gasteiger partial charge >= 0.3 is 18.1 Å². The lowest BCUT2D eigenvalue weighted by Gasteiger charge is -2.23. The lowest BCUT2D eigenvalue weighted by atomic mass is 9.95. The van der Waals surface area contributed by atoms with Gasteiger partial charge in [0, 0.05) is 6.04 Å². The molecule has 1 fully saturated rings. The molecule has 0 saturated heterocycles. The van der Waals surface area contributed by atoms with Crippen molar-refractivity contribution in [3.8, 4) is 0 Å². The van der Waals surface area contributed by atoms with Crippen LogP contribution in [0.1, 0.15) is 32.1 Å². The normalized spacial score (nSPS) is 26.1. The average Bonchev–Trinajstić information content (AvgIpc) is 2.41. The van der Waals surface area contributed by atoms with Crippen molar-refractivity contribution in [2.75, 3.05) is 0 Å². The molecule has 2 N–H and O–H groups in total. The van der Waals surface area contributed by atoms with Gasteiger partial charge in [-0.3, -0.25) is 9.59 Å². The van der Waals surface area contributed by atoms with Crippen LogP contribution in [-0.2, 0) is 9.59 Å². The van der Waals surface area contributed by atoms with Gasteiger partial charge in [0.25, 0.3) is 0 Å². The number of carbonyl (C=O) groups is 2. The van der Waals surface area contributed by atoms with Crippen LogP contribution in [0, 0.1) is 5.92 Å². The van der Waals surface area contributed by atoms with Gasteiger partial charge in [0.2, 0.25) is 0 Å². The van der Waals surface area contributed by atoms with E-state index in [0.717, 1.165) is 6.42 Å². The molecule has 2 atom stereocenters. The Morgan fingerprint density at radius 1 is 1.12 bits per heavy atom. The Bertz CT molecular complexity index is 304. The second kappa shape index (κ2) is 5.37. The van der Waals surface area contributed by atoms with Crippen molar-refractivity contribution in [2.45, 2.75) is 44.3 Å². The van der Waals surface area contributed by atoms with Gasteiger partial charge in [0.15, 0.2) is 0 Å². The molecule has 0 bridgehead atoms. The second-order valence-electron chi connectivity index (χ2n) is 4.16. The summed E-state index contributed by atoms with van der Waals surface area (Å²) in [6.07, 6.45) is -2.31. The van der Waals surface area contributed by atoms with E-state index >= 15 is 0 Å². The van der Waals surface area contributed by atoms with Gasteiger partial charge < -0.3 is 10.4 Å². The molecule has 0 aromatic heterocycles. The minimum atomic E-state index is -4.96. The standard InChI is InChI=1S/C10H14F3NO3/c11-10(12,13)9(17)14-7-5-3-1-2-4-6(7)8(15)16/h6-7H,1-5H2,(H,14,17)(H,15,16)/t6-,7-/m1/s1. The minimum absolute atomic E-state index is 0.277. The molecule has 1 saturated carbocycles. The summed E-state index contributed by atoms with van der Waals surface area (Å²) < 4.78 is 36.2. The highest BCUT2D eigenvalue weighted by molar-refractivity contribution is 5.82. The van der Waals surface area contributed by atoms with E-state index in [9.17, 15) is 22.8 Å². The van der Waals surface area contributed by atoms with E-state index in [1.165, 1.54) is 0 Å². The lowest BCUT2D eigenvalue weighted by Crippen LogP contribution is -2.47. The van der Waals surface area contributed by atoms with Crippen molar-refractivity contribution in [1.82, 2.24) is 5.32 Å². The number of hydrogen-bond donors (Lipinski definition) is 2. The number of carboxylic acid groups (broad SMARTS) is 1. The van der Waals surface area contributed by atoms with E-state index in [1.54, 1.807) is 5.32 Å². The van der Waals surface area contributed by atoms with E-state index < -0.39 is 30.0 Å². The SMILES string of the molecule is O=C(O)[C@@H]1CCCCC[C@H]1NC(=O)C(F)(F)F. The summed E-state index contributed by atoms with van der Waals surface area (Å²) in [7, 11) is 0. The molecular formula is C10H14F3NO3. The van der Waals surface area contributed by atoms with Crippen LogP contribution in [0.5, 0.6) is 0 Å². The van der Waals surface area contributed by atoms with E-state index in [-0.39, 0.29) is 6.42 Å². The third kappa shape index (κ3) is 3.90. The first-order chi connectivity index (χ1) is 7.82. The molecule has 1 aliphatic carbocycles. The number of aliphatic carboxylic acids is 1. The molecule has 4 nitrogen and oxygen atoms in total. The Hall–Kier alpha value is -1.27. The topological polar surface area (TPSA) is 66.4 Å². The number of carboxylic acids is 1. The predicted molar refractivity (Wildman–Crippen MR) is 52.2 cm³/mol. The summed E-state index contributed by atoms with van der Waals surface area (Å²) in [4.78, 5) is 21.7. The summed E-state index contributed by atoms with van der Waals surface area (Å²) >= 11 is 0. The Labute approximate surface area is 96.2 Å². The highest BCUT2D eigenvalue weighted by atomic mass is 19.4. The van der Waals surface area contributed by atoms with Crippen LogP contribution >= 0.6 is 0 Å². The Kier molecular flexibility index (Phi) is 4.36. The molecule has 17 heavy (non-hydrogen) atoms. The number of alkyl halides is 3. The fourth-order valence-electron chi connectivity index (χ4n) is 2.03. The molecule has 1 amide bonds. The fourth-order valence-corrected chi connectivity index (χ4v) is 2.03. The van der Waals surface area contributed by atoms with Gasteiger partial charge in [0.05, 0.1) is 5.92 Å². The third-order valence-electron chi connectivity index (χ3n) is 2.91. The first-order valence-corrected chi connectivity index (χ1v) is 5.43. The van der Waals surface area contributed by atoms with Gasteiger partial charge in [-0.05, 0) is 12.8 Å². The van der Waals surface area contributed by atoms with Gasteiger partial charge in [-0.15, -0.1) is 0 Å². The van der Waals surface area contributed by atoms with Crippen LogP contribution in [-0.4, -0.2) is 29.2 Å². The summed E-state index contributed by atoms with van der Waals surface area (Å²) in [5, 5.41) is 10.7. The first kappa shape index (κ1) is 13.8. The molecule has 0 aliphatic heterocycles. The Morgan fingerprint density at radius 2 is 1.71 bits per heavy atom. The lowest BCUT2D eigenvalue weighted by molar-refractivity contribution is -0.175. The molecular weight excluding hydrogens is 239 g/mol. The Balaban J connectivity index is 2.70. The predicted octanol–water partition coefficient (Wildman–Crippen LogP) is 1.70. The van der Waals surface area contributed by atoms with Crippen molar-refractivity contribution < 1.29 is 27.9 Å². The van der Waals surface area contributed by atoms with Crippen LogP contribution < -0.4 is 5.32 Å². The highest BCUT2D eigenvalue weighted by Crippen LogP contribution is 2.25. The van der Waals surface area contributed by atoms with E-state index in [2.05, 4.69) is 0 Å². The summed E-state index contributed by atoms with van der Waals surface area (Å²) in [5.74, 6) is -4.14.